The van der Waals surface area contributed by atoms with Gasteiger partial charge in [0, 0.05) is 40.5 Å². The molecule has 1 fully saturated rings. The van der Waals surface area contributed by atoms with Gasteiger partial charge in [0.1, 0.15) is 6.61 Å². The summed E-state index contributed by atoms with van der Waals surface area (Å²) in [6.07, 6.45) is 1.78. The topological polar surface area (TPSA) is 111 Å². The fourth-order valence-electron chi connectivity index (χ4n) is 6.57. The fourth-order valence-corrected chi connectivity index (χ4v) is 6.70. The predicted octanol–water partition coefficient (Wildman–Crippen LogP) is 6.28. The monoisotopic (exact) mass is 629 g/mol. The Morgan fingerprint density at radius 1 is 0.933 bits per heavy atom. The van der Waals surface area contributed by atoms with Gasteiger partial charge in [0.25, 0.3) is 5.69 Å². The second-order valence-electron chi connectivity index (χ2n) is 11.4. The zero-order chi connectivity index (χ0) is 32.1. The highest BCUT2D eigenvalue weighted by Gasteiger charge is 2.40. The van der Waals surface area contributed by atoms with E-state index in [0.717, 1.165) is 25.9 Å². The fraction of sp³-hybridized carbons (Fsp3) is 0.314. The minimum absolute atomic E-state index is 0.144. The van der Waals surface area contributed by atoms with Gasteiger partial charge in [-0.2, -0.15) is 0 Å². The summed E-state index contributed by atoms with van der Waals surface area (Å²) in [5.41, 5.74) is 4.06. The Morgan fingerprint density at radius 2 is 1.56 bits per heavy atom. The lowest BCUT2D eigenvalue weighted by molar-refractivity contribution is -0.384. The highest BCUT2D eigenvalue weighted by atomic mass is 35.5. The minimum Gasteiger partial charge on any atom is -0.466 e. The number of nitro benzene ring substituents is 1. The van der Waals surface area contributed by atoms with E-state index in [1.807, 2.05) is 18.2 Å². The average molecular weight is 630 g/mol. The number of nitrogens with zero attached hydrogens (tertiary/aromatic N) is 2. The number of nitrogens with one attached hydrogen (secondary N) is 1. The molecule has 2 aliphatic rings. The Balaban J connectivity index is 1.31. The van der Waals surface area contributed by atoms with Crippen LogP contribution in [-0.2, 0) is 24.5 Å². The number of halogens is 1. The zero-order valence-electron chi connectivity index (χ0n) is 25.5. The van der Waals surface area contributed by atoms with Crippen LogP contribution in [0.5, 0.6) is 0 Å². The van der Waals surface area contributed by atoms with Crippen molar-refractivity contribution in [3.8, 4) is 0 Å². The number of carbonyl (C=O) groups excluding carboxylic acids is 2. The van der Waals surface area contributed by atoms with Gasteiger partial charge in [0.15, 0.2) is 0 Å². The summed E-state index contributed by atoms with van der Waals surface area (Å²) in [5, 5.41) is 15.3. The molecule has 10 heteroatoms. The molecule has 1 N–H and O–H groups in total. The number of hydrogen-bond acceptors (Lipinski definition) is 8. The van der Waals surface area contributed by atoms with Crippen LogP contribution in [0.1, 0.15) is 49.3 Å². The summed E-state index contributed by atoms with van der Waals surface area (Å²) < 4.78 is 10.9. The number of likely N-dealkylation sites (tertiary alicyclic amines) is 1. The molecule has 1 unspecified atom stereocenters. The van der Waals surface area contributed by atoms with Gasteiger partial charge in [-0.1, -0.05) is 66.2 Å². The SMILES string of the molecule is COC(=O)C1=C(C)NC(C)=C(C(=O)OCCN2CCC(c3ccccc3)(c3ccc(Cl)cc3)CC2)C1c1cccc([N+](=O)[O-])c1. The minimum atomic E-state index is -0.896. The first kappa shape index (κ1) is 31.9. The molecule has 2 aliphatic heterocycles. The van der Waals surface area contributed by atoms with Crippen LogP contribution in [0.3, 0.4) is 0 Å². The molecule has 45 heavy (non-hydrogen) atoms. The summed E-state index contributed by atoms with van der Waals surface area (Å²) in [6, 6.07) is 24.5. The van der Waals surface area contributed by atoms with Crippen molar-refractivity contribution < 1.29 is 24.0 Å². The van der Waals surface area contributed by atoms with Crippen LogP contribution in [0.15, 0.2) is 101 Å². The van der Waals surface area contributed by atoms with Crippen molar-refractivity contribution in [2.45, 2.75) is 38.0 Å². The molecule has 0 saturated carbocycles. The lowest BCUT2D eigenvalue weighted by Gasteiger charge is -2.43. The van der Waals surface area contributed by atoms with Crippen molar-refractivity contribution in [1.29, 1.82) is 0 Å². The molecule has 0 amide bonds. The summed E-state index contributed by atoms with van der Waals surface area (Å²) >= 11 is 6.20. The van der Waals surface area contributed by atoms with Crippen LogP contribution in [0.25, 0.3) is 0 Å². The van der Waals surface area contributed by atoms with Crippen molar-refractivity contribution in [1.82, 2.24) is 10.2 Å². The first-order valence-corrected chi connectivity index (χ1v) is 15.2. The maximum atomic E-state index is 13.7. The van der Waals surface area contributed by atoms with Gasteiger partial charge in [0.05, 0.1) is 29.1 Å². The van der Waals surface area contributed by atoms with Crippen LogP contribution in [0, 0.1) is 10.1 Å². The van der Waals surface area contributed by atoms with Gasteiger partial charge >= 0.3 is 11.9 Å². The number of allylic oxidation sites excluding steroid dienone is 2. The molecule has 0 aliphatic carbocycles. The normalized spacial score (nSPS) is 18.3. The maximum absolute atomic E-state index is 13.7. The first-order valence-electron chi connectivity index (χ1n) is 14.9. The number of dihydropyridines is 1. The van der Waals surface area contributed by atoms with E-state index in [1.54, 1.807) is 19.9 Å². The van der Waals surface area contributed by atoms with E-state index in [4.69, 9.17) is 21.1 Å². The van der Waals surface area contributed by atoms with Gasteiger partial charge in [-0.25, -0.2) is 9.59 Å². The molecule has 3 aromatic rings. The van der Waals surface area contributed by atoms with E-state index in [9.17, 15) is 19.7 Å². The molecule has 2 heterocycles. The van der Waals surface area contributed by atoms with E-state index in [1.165, 1.54) is 36.4 Å². The second kappa shape index (κ2) is 13.7. The molecule has 9 nitrogen and oxygen atoms in total. The summed E-state index contributed by atoms with van der Waals surface area (Å²) in [4.78, 5) is 39.9. The van der Waals surface area contributed by atoms with Crippen LogP contribution < -0.4 is 5.32 Å². The van der Waals surface area contributed by atoms with Gasteiger partial charge in [-0.3, -0.25) is 15.0 Å². The summed E-state index contributed by atoms with van der Waals surface area (Å²) in [5.74, 6) is -2.13. The Bertz CT molecular complexity index is 1640. The number of benzene rings is 3. The third kappa shape index (κ3) is 6.65. The standard InChI is InChI=1S/C35H36ClN3O6/c1-23-30(33(40)44-3)32(25-8-7-11-29(22-25)39(42)43)31(24(2)37-23)34(41)45-21-20-38-18-16-35(17-19-38,26-9-5-4-6-10-26)27-12-14-28(36)15-13-27/h4-15,22,32,37H,16-21H2,1-3H3. The summed E-state index contributed by atoms with van der Waals surface area (Å²) in [6.45, 7) is 5.73. The predicted molar refractivity (Wildman–Crippen MR) is 172 cm³/mol. The highest BCUT2D eigenvalue weighted by molar-refractivity contribution is 6.30. The average Bonchev–Trinajstić information content (AvgIpc) is 3.05. The van der Waals surface area contributed by atoms with E-state index >= 15 is 0 Å². The first-order chi connectivity index (χ1) is 21.6. The molecule has 234 valence electrons. The third-order valence-electron chi connectivity index (χ3n) is 8.87. The Labute approximate surface area is 267 Å². The number of nitro groups is 1. The quantitative estimate of drug-likeness (QED) is 0.167. The highest BCUT2D eigenvalue weighted by Crippen LogP contribution is 2.43. The summed E-state index contributed by atoms with van der Waals surface area (Å²) in [7, 11) is 1.26. The number of carbonyl (C=O) groups is 2. The molecule has 3 aromatic carbocycles. The van der Waals surface area contributed by atoms with E-state index in [-0.39, 0.29) is 28.9 Å². The Morgan fingerprint density at radius 3 is 2.18 bits per heavy atom. The van der Waals surface area contributed by atoms with Crippen molar-refractivity contribution >= 4 is 29.2 Å². The molecule has 0 spiro atoms. The number of ether oxygens (including phenoxy) is 2. The van der Waals surface area contributed by atoms with Gasteiger partial charge < -0.3 is 14.8 Å². The van der Waals surface area contributed by atoms with E-state index in [0.29, 0.717) is 28.5 Å². The molecular weight excluding hydrogens is 594 g/mol. The molecule has 1 saturated heterocycles. The lowest BCUT2D eigenvalue weighted by atomic mass is 9.68. The molecule has 0 aromatic heterocycles. The van der Waals surface area contributed by atoms with Gasteiger partial charge in [-0.05, 0) is 68.6 Å². The molecule has 0 radical (unpaired) electrons. The van der Waals surface area contributed by atoms with Crippen LogP contribution in [0.4, 0.5) is 5.69 Å². The lowest BCUT2D eigenvalue weighted by Crippen LogP contribution is -2.44. The number of rotatable bonds is 9. The zero-order valence-corrected chi connectivity index (χ0v) is 26.3. The smallest absolute Gasteiger partial charge is 0.336 e. The number of methoxy groups -OCH3 is 1. The number of esters is 2. The third-order valence-corrected chi connectivity index (χ3v) is 9.13. The van der Waals surface area contributed by atoms with Crippen molar-refractivity contribution in [3.63, 3.8) is 0 Å². The van der Waals surface area contributed by atoms with Crippen molar-refractivity contribution in [3.05, 3.63) is 133 Å². The molecular formula is C35H36ClN3O6. The number of non-ortho nitro benzene ring substituents is 1. The number of hydrogen-bond donors (Lipinski definition) is 1. The van der Waals surface area contributed by atoms with Crippen LogP contribution in [0.2, 0.25) is 5.02 Å². The largest absolute Gasteiger partial charge is 0.466 e. The van der Waals surface area contributed by atoms with Crippen LogP contribution in [-0.4, -0.2) is 55.1 Å². The molecule has 0 bridgehead atoms. The number of piperidine rings is 1. The van der Waals surface area contributed by atoms with E-state index in [2.05, 4.69) is 46.6 Å². The second-order valence-corrected chi connectivity index (χ2v) is 11.8. The van der Waals surface area contributed by atoms with Gasteiger partial charge in [0.2, 0.25) is 0 Å². The van der Waals surface area contributed by atoms with Gasteiger partial charge in [-0.15, -0.1) is 0 Å². The van der Waals surface area contributed by atoms with Crippen molar-refractivity contribution in [2.75, 3.05) is 33.4 Å². The Hall–Kier alpha value is -4.47. The van der Waals surface area contributed by atoms with E-state index < -0.39 is 22.8 Å². The van der Waals surface area contributed by atoms with Crippen molar-refractivity contribution in [2.24, 2.45) is 0 Å². The molecule has 5 rings (SSSR count). The maximum Gasteiger partial charge on any atom is 0.336 e. The van der Waals surface area contributed by atoms with Crippen LogP contribution >= 0.6 is 11.6 Å². The Kier molecular flexibility index (Phi) is 9.70. The molecule has 1 atom stereocenters.